The van der Waals surface area contributed by atoms with Gasteiger partial charge in [0.15, 0.2) is 0 Å². The van der Waals surface area contributed by atoms with E-state index in [-0.39, 0.29) is 0 Å². The molecule has 0 aliphatic carbocycles. The van der Waals surface area contributed by atoms with Crippen LogP contribution in [-0.4, -0.2) is 37.1 Å². The number of ether oxygens (including phenoxy) is 5. The van der Waals surface area contributed by atoms with Crippen LogP contribution in [0.3, 0.4) is 0 Å². The molecule has 0 radical (unpaired) electrons. The van der Waals surface area contributed by atoms with Crippen molar-refractivity contribution in [3.8, 4) is 23.0 Å². The smallest absolute Gasteiger partial charge is 0.343 e. The van der Waals surface area contributed by atoms with E-state index in [1.54, 1.807) is 66.7 Å². The molecule has 0 amide bonds. The lowest BCUT2D eigenvalue weighted by Gasteiger charge is -2.12. The Balaban J connectivity index is 1.18. The predicted molar refractivity (Wildman–Crippen MR) is 185 cm³/mol. The topological polar surface area (TPSA) is 114 Å². The highest BCUT2D eigenvalue weighted by Crippen LogP contribution is 2.29. The number of fused-ring (bicyclic) bond motifs is 2. The minimum Gasteiger partial charge on any atom is -0.494 e. The zero-order valence-corrected chi connectivity index (χ0v) is 26.9. The van der Waals surface area contributed by atoms with Crippen LogP contribution in [0.4, 0.5) is 0 Å². The molecule has 0 bridgehead atoms. The summed E-state index contributed by atoms with van der Waals surface area (Å²) in [7, 11) is 0. The van der Waals surface area contributed by atoms with Crippen LogP contribution in [0.2, 0.25) is 0 Å². The first-order valence-electron chi connectivity index (χ1n) is 15.7. The van der Waals surface area contributed by atoms with Gasteiger partial charge in [-0.1, -0.05) is 32.2 Å². The molecular weight excluding hydrogens is 624 g/mol. The first kappa shape index (κ1) is 34.1. The molecule has 0 N–H and O–H groups in total. The maximum absolute atomic E-state index is 13.2. The highest BCUT2D eigenvalue weighted by atomic mass is 16.5. The van der Waals surface area contributed by atoms with E-state index in [2.05, 4.69) is 13.2 Å². The van der Waals surface area contributed by atoms with Crippen molar-refractivity contribution in [2.24, 2.45) is 0 Å². The number of benzene rings is 5. The number of rotatable bonds is 14. The maximum atomic E-state index is 13.2. The van der Waals surface area contributed by atoms with Crippen molar-refractivity contribution >= 4 is 45.4 Å². The molecule has 248 valence electrons. The molecule has 0 saturated heterocycles. The molecule has 49 heavy (non-hydrogen) atoms. The zero-order valence-electron chi connectivity index (χ0n) is 26.9. The summed E-state index contributed by atoms with van der Waals surface area (Å²) in [6.45, 7) is 9.41. The number of hydrogen-bond acceptors (Lipinski definition) is 9. The number of esters is 4. The molecule has 0 unspecified atom stereocenters. The van der Waals surface area contributed by atoms with Gasteiger partial charge < -0.3 is 23.7 Å². The van der Waals surface area contributed by atoms with Gasteiger partial charge in [0.25, 0.3) is 0 Å². The largest absolute Gasteiger partial charge is 0.494 e. The third-order valence-corrected chi connectivity index (χ3v) is 7.52. The van der Waals surface area contributed by atoms with Gasteiger partial charge in [0, 0.05) is 12.2 Å². The van der Waals surface area contributed by atoms with Crippen LogP contribution in [-0.2, 0) is 20.7 Å². The fourth-order valence-corrected chi connectivity index (χ4v) is 4.96. The molecule has 0 spiro atoms. The summed E-state index contributed by atoms with van der Waals surface area (Å²) in [6.07, 6.45) is 4.11. The Kier molecular flexibility index (Phi) is 11.2. The van der Waals surface area contributed by atoms with Gasteiger partial charge in [-0.3, -0.25) is 0 Å². The summed E-state index contributed by atoms with van der Waals surface area (Å²) in [5.74, 6) is -0.344. The summed E-state index contributed by atoms with van der Waals surface area (Å²) in [4.78, 5) is 48.6. The van der Waals surface area contributed by atoms with Crippen LogP contribution >= 0.6 is 0 Å². The van der Waals surface area contributed by atoms with E-state index in [1.165, 1.54) is 0 Å². The summed E-state index contributed by atoms with van der Waals surface area (Å²) in [6, 6.07) is 26.0. The molecule has 0 fully saturated rings. The van der Waals surface area contributed by atoms with E-state index in [9.17, 15) is 19.2 Å². The Morgan fingerprint density at radius 2 is 1.16 bits per heavy atom. The Bertz CT molecular complexity index is 2040. The number of hydrogen-bond donors (Lipinski definition) is 0. The molecule has 0 aliphatic rings. The minimum absolute atomic E-state index is 0.298. The number of unbranched alkanes of at least 4 members (excludes halogenated alkanes) is 1. The lowest BCUT2D eigenvalue weighted by Crippen LogP contribution is -2.11. The van der Waals surface area contributed by atoms with Crippen molar-refractivity contribution in [3.05, 3.63) is 133 Å². The third kappa shape index (κ3) is 8.99. The second kappa shape index (κ2) is 16.1. The quantitative estimate of drug-likeness (QED) is 0.0385. The SMILES string of the molecule is C=CC(=O)OCCCCOc1ccc(C(=O)Oc2ccc(OC(=O)c3ccc4cc5cc(OC(=O)C=C)ccc5cc4c3)c(CC)c2)cc1. The van der Waals surface area contributed by atoms with Crippen molar-refractivity contribution < 1.29 is 42.9 Å². The van der Waals surface area contributed by atoms with Crippen molar-refractivity contribution in [3.63, 3.8) is 0 Å². The first-order chi connectivity index (χ1) is 23.8. The predicted octanol–water partition coefficient (Wildman–Crippen LogP) is 7.97. The lowest BCUT2D eigenvalue weighted by atomic mass is 10.0. The Hall–Kier alpha value is -6.22. The standard InChI is InChI=1S/C40H34O9/c1-4-26-24-35(48-39(43)27-11-14-33(15-12-27)45-19-7-8-20-46-37(41)5-2)17-18-36(26)49-40(44)30-10-9-28-22-32-25-34(47-38(42)6-3)16-13-29(32)21-31(28)23-30/h5-6,9-18,21-25H,2-4,7-8,19-20H2,1H3. The van der Waals surface area contributed by atoms with E-state index in [0.717, 1.165) is 33.7 Å². The van der Waals surface area contributed by atoms with Crippen molar-refractivity contribution in [2.45, 2.75) is 26.2 Å². The van der Waals surface area contributed by atoms with Crippen LogP contribution in [0.5, 0.6) is 23.0 Å². The average Bonchev–Trinajstić information content (AvgIpc) is 3.12. The van der Waals surface area contributed by atoms with E-state index in [1.807, 2.05) is 31.2 Å². The molecule has 5 aromatic rings. The number of carbonyl (C=O) groups excluding carboxylic acids is 4. The third-order valence-electron chi connectivity index (χ3n) is 7.52. The van der Waals surface area contributed by atoms with E-state index < -0.39 is 23.9 Å². The Morgan fingerprint density at radius 1 is 0.571 bits per heavy atom. The molecule has 0 heterocycles. The summed E-state index contributed by atoms with van der Waals surface area (Å²) >= 11 is 0. The van der Waals surface area contributed by atoms with E-state index >= 15 is 0 Å². The van der Waals surface area contributed by atoms with Gasteiger partial charge >= 0.3 is 23.9 Å². The van der Waals surface area contributed by atoms with Crippen LogP contribution in [0, 0.1) is 0 Å². The summed E-state index contributed by atoms with van der Waals surface area (Å²) < 4.78 is 27.2. The van der Waals surface area contributed by atoms with Crippen LogP contribution < -0.4 is 18.9 Å². The first-order valence-corrected chi connectivity index (χ1v) is 15.7. The molecule has 0 atom stereocenters. The molecule has 0 saturated carbocycles. The van der Waals surface area contributed by atoms with Crippen LogP contribution in [0.1, 0.15) is 46.0 Å². The number of aryl methyl sites for hydroxylation is 1. The van der Waals surface area contributed by atoms with Crippen molar-refractivity contribution in [1.29, 1.82) is 0 Å². The van der Waals surface area contributed by atoms with E-state index in [0.29, 0.717) is 72.2 Å². The highest BCUT2D eigenvalue weighted by molar-refractivity contribution is 6.02. The number of carbonyl (C=O) groups is 4. The second-order valence-electron chi connectivity index (χ2n) is 10.9. The van der Waals surface area contributed by atoms with E-state index in [4.69, 9.17) is 23.7 Å². The second-order valence-corrected chi connectivity index (χ2v) is 10.9. The fourth-order valence-electron chi connectivity index (χ4n) is 4.96. The van der Waals surface area contributed by atoms with Gasteiger partial charge in [-0.05, 0) is 125 Å². The van der Waals surface area contributed by atoms with Gasteiger partial charge in [0.1, 0.15) is 23.0 Å². The van der Waals surface area contributed by atoms with Gasteiger partial charge in [-0.15, -0.1) is 0 Å². The maximum Gasteiger partial charge on any atom is 0.343 e. The molecule has 9 nitrogen and oxygen atoms in total. The highest BCUT2D eigenvalue weighted by Gasteiger charge is 2.15. The lowest BCUT2D eigenvalue weighted by molar-refractivity contribution is -0.138. The van der Waals surface area contributed by atoms with Gasteiger partial charge in [-0.25, -0.2) is 19.2 Å². The van der Waals surface area contributed by atoms with Crippen molar-refractivity contribution in [1.82, 2.24) is 0 Å². The summed E-state index contributed by atoms with van der Waals surface area (Å²) in [5, 5.41) is 3.54. The molecule has 9 heteroatoms. The van der Waals surface area contributed by atoms with Crippen LogP contribution in [0.25, 0.3) is 21.5 Å². The van der Waals surface area contributed by atoms with Gasteiger partial charge in [0.05, 0.1) is 24.3 Å². The van der Waals surface area contributed by atoms with Gasteiger partial charge in [0.2, 0.25) is 0 Å². The molecule has 0 aromatic heterocycles. The minimum atomic E-state index is -0.542. The fraction of sp³-hybridized carbons (Fsp3) is 0.150. The normalized spacial score (nSPS) is 10.6. The molecule has 5 aromatic carbocycles. The Labute approximate surface area is 283 Å². The summed E-state index contributed by atoms with van der Waals surface area (Å²) in [5.41, 5.74) is 1.42. The van der Waals surface area contributed by atoms with Crippen LogP contribution in [0.15, 0.2) is 116 Å². The molecule has 5 rings (SSSR count). The zero-order chi connectivity index (χ0) is 34.8. The monoisotopic (exact) mass is 658 g/mol. The Morgan fingerprint density at radius 3 is 1.88 bits per heavy atom. The van der Waals surface area contributed by atoms with Gasteiger partial charge in [-0.2, -0.15) is 0 Å². The molecular formula is C40H34O9. The van der Waals surface area contributed by atoms with Crippen molar-refractivity contribution in [2.75, 3.05) is 13.2 Å². The average molecular weight is 659 g/mol. The molecule has 0 aliphatic heterocycles.